The van der Waals surface area contributed by atoms with Gasteiger partial charge < -0.3 is 10.6 Å². The Balaban J connectivity index is 1.49. The average molecular weight is 418 g/mol. The maximum Gasteiger partial charge on any atom is 0.255 e. The minimum absolute atomic E-state index is 0.218. The highest BCUT2D eigenvalue weighted by atomic mass is 35.5. The molecule has 1 heterocycles. The van der Waals surface area contributed by atoms with Crippen LogP contribution in [0.3, 0.4) is 0 Å². The molecule has 2 amide bonds. The van der Waals surface area contributed by atoms with Crippen LogP contribution in [0, 0.1) is 0 Å². The molecular formula is C22H16ClN5O2. The predicted octanol–water partition coefficient (Wildman–Crippen LogP) is 4.43. The molecule has 4 aromatic rings. The number of nitrogens with one attached hydrogen (secondary N) is 2. The molecular weight excluding hydrogens is 402 g/mol. The number of carbonyl (C=O) groups is 2. The Hall–Kier alpha value is -3.97. The molecule has 0 radical (unpaired) electrons. The summed E-state index contributed by atoms with van der Waals surface area (Å²) in [5.74, 6) is -0.538. The van der Waals surface area contributed by atoms with E-state index in [4.69, 9.17) is 11.6 Å². The molecule has 0 atom stereocenters. The van der Waals surface area contributed by atoms with Crippen LogP contribution in [-0.4, -0.2) is 26.6 Å². The largest absolute Gasteiger partial charge is 0.322 e. The van der Waals surface area contributed by atoms with Gasteiger partial charge in [-0.05, 0) is 54.6 Å². The highest BCUT2D eigenvalue weighted by molar-refractivity contribution is 6.31. The third-order valence-electron chi connectivity index (χ3n) is 4.31. The van der Waals surface area contributed by atoms with E-state index in [9.17, 15) is 9.59 Å². The predicted molar refractivity (Wildman–Crippen MR) is 115 cm³/mol. The molecule has 3 aromatic carbocycles. The standard InChI is InChI=1S/C22H16ClN5O2/c23-17-8-11-20(28-14-24-13-25-28)19(12-17)27-22(30)16-6-9-18(10-7-16)26-21(29)15-4-2-1-3-5-15/h1-14H,(H,26,29)(H,27,30). The third-order valence-corrected chi connectivity index (χ3v) is 4.55. The van der Waals surface area contributed by atoms with E-state index in [2.05, 4.69) is 20.7 Å². The van der Waals surface area contributed by atoms with Crippen molar-refractivity contribution in [3.63, 3.8) is 0 Å². The average Bonchev–Trinajstić information content (AvgIpc) is 3.29. The van der Waals surface area contributed by atoms with Gasteiger partial charge in [-0.25, -0.2) is 9.67 Å². The van der Waals surface area contributed by atoms with Crippen LogP contribution in [0.25, 0.3) is 5.69 Å². The first-order chi connectivity index (χ1) is 14.6. The first kappa shape index (κ1) is 19.4. The number of aromatic nitrogens is 3. The van der Waals surface area contributed by atoms with Crippen LogP contribution in [0.2, 0.25) is 5.02 Å². The molecule has 0 fully saturated rings. The number of anilines is 2. The molecule has 0 saturated heterocycles. The van der Waals surface area contributed by atoms with Crippen molar-refractivity contribution in [1.29, 1.82) is 0 Å². The van der Waals surface area contributed by atoms with Gasteiger partial charge in [0.05, 0.1) is 11.4 Å². The molecule has 4 rings (SSSR count). The lowest BCUT2D eigenvalue weighted by molar-refractivity contribution is 0.102. The molecule has 0 unspecified atom stereocenters. The van der Waals surface area contributed by atoms with Gasteiger partial charge in [-0.1, -0.05) is 29.8 Å². The summed E-state index contributed by atoms with van der Waals surface area (Å²) >= 11 is 6.09. The fourth-order valence-corrected chi connectivity index (χ4v) is 3.01. The zero-order valence-electron chi connectivity index (χ0n) is 15.6. The number of halogens is 1. The highest BCUT2D eigenvalue weighted by Crippen LogP contribution is 2.24. The lowest BCUT2D eigenvalue weighted by Crippen LogP contribution is -2.15. The first-order valence-electron chi connectivity index (χ1n) is 9.02. The number of nitrogens with zero attached hydrogens (tertiary/aromatic N) is 3. The second kappa shape index (κ2) is 8.59. The Labute approximate surface area is 177 Å². The molecule has 8 heteroatoms. The van der Waals surface area contributed by atoms with Gasteiger partial charge in [-0.2, -0.15) is 5.10 Å². The molecule has 0 aliphatic rings. The van der Waals surface area contributed by atoms with Crippen molar-refractivity contribution in [2.45, 2.75) is 0 Å². The SMILES string of the molecule is O=C(Nc1ccc(C(=O)Nc2cc(Cl)ccc2-n2cncn2)cc1)c1ccccc1. The molecule has 7 nitrogen and oxygen atoms in total. The summed E-state index contributed by atoms with van der Waals surface area (Å²) in [6.07, 6.45) is 2.94. The quantitative estimate of drug-likeness (QED) is 0.503. The van der Waals surface area contributed by atoms with Crippen LogP contribution in [0.5, 0.6) is 0 Å². The summed E-state index contributed by atoms with van der Waals surface area (Å²) in [7, 11) is 0. The number of hydrogen-bond donors (Lipinski definition) is 2. The number of benzene rings is 3. The molecule has 0 aliphatic heterocycles. The van der Waals surface area contributed by atoms with E-state index < -0.39 is 0 Å². The minimum Gasteiger partial charge on any atom is -0.322 e. The van der Waals surface area contributed by atoms with Crippen molar-refractivity contribution in [2.24, 2.45) is 0 Å². The molecule has 2 N–H and O–H groups in total. The summed E-state index contributed by atoms with van der Waals surface area (Å²) in [5, 5.41) is 10.2. The monoisotopic (exact) mass is 417 g/mol. The van der Waals surface area contributed by atoms with Crippen molar-refractivity contribution in [3.8, 4) is 5.69 Å². The maximum absolute atomic E-state index is 12.7. The molecule has 30 heavy (non-hydrogen) atoms. The van der Waals surface area contributed by atoms with Crippen LogP contribution in [0.1, 0.15) is 20.7 Å². The second-order valence-electron chi connectivity index (χ2n) is 6.35. The van der Waals surface area contributed by atoms with Gasteiger partial charge in [0.25, 0.3) is 11.8 Å². The van der Waals surface area contributed by atoms with Gasteiger partial charge in [-0.15, -0.1) is 0 Å². The number of carbonyl (C=O) groups excluding carboxylic acids is 2. The van der Waals surface area contributed by atoms with E-state index in [0.29, 0.717) is 33.2 Å². The number of rotatable bonds is 5. The van der Waals surface area contributed by atoms with E-state index >= 15 is 0 Å². The number of amides is 2. The molecule has 0 aliphatic carbocycles. The topological polar surface area (TPSA) is 88.9 Å². The van der Waals surface area contributed by atoms with Crippen molar-refractivity contribution in [3.05, 3.63) is 102 Å². The van der Waals surface area contributed by atoms with Crippen LogP contribution in [0.4, 0.5) is 11.4 Å². The molecule has 0 spiro atoms. The Morgan fingerprint density at radius 2 is 1.53 bits per heavy atom. The maximum atomic E-state index is 12.7. The van der Waals surface area contributed by atoms with Gasteiger partial charge in [0.2, 0.25) is 0 Å². The first-order valence-corrected chi connectivity index (χ1v) is 9.40. The molecule has 0 saturated carbocycles. The van der Waals surface area contributed by atoms with Crippen molar-refractivity contribution < 1.29 is 9.59 Å². The summed E-state index contributed by atoms with van der Waals surface area (Å²) in [5.41, 5.74) is 2.71. The van der Waals surface area contributed by atoms with E-state index in [0.717, 1.165) is 0 Å². The zero-order valence-corrected chi connectivity index (χ0v) is 16.4. The molecule has 1 aromatic heterocycles. The minimum atomic E-state index is -0.320. The third kappa shape index (κ3) is 4.37. The molecule has 0 bridgehead atoms. The Morgan fingerprint density at radius 1 is 0.833 bits per heavy atom. The van der Waals surface area contributed by atoms with E-state index in [1.807, 2.05) is 6.07 Å². The van der Waals surface area contributed by atoms with E-state index in [1.165, 1.54) is 17.3 Å². The summed E-state index contributed by atoms with van der Waals surface area (Å²) in [6, 6.07) is 20.6. The van der Waals surface area contributed by atoms with Crippen LogP contribution >= 0.6 is 11.6 Å². The zero-order chi connectivity index (χ0) is 20.9. The van der Waals surface area contributed by atoms with E-state index in [1.54, 1.807) is 66.7 Å². The van der Waals surface area contributed by atoms with Gasteiger partial charge in [-0.3, -0.25) is 9.59 Å². The van der Waals surface area contributed by atoms with Crippen molar-refractivity contribution >= 4 is 34.8 Å². The Kier molecular flexibility index (Phi) is 5.54. The van der Waals surface area contributed by atoms with Gasteiger partial charge in [0, 0.05) is 21.8 Å². The fraction of sp³-hybridized carbons (Fsp3) is 0. The summed E-state index contributed by atoms with van der Waals surface area (Å²) in [4.78, 5) is 28.9. The number of hydrogen-bond acceptors (Lipinski definition) is 4. The van der Waals surface area contributed by atoms with Gasteiger partial charge in [0.15, 0.2) is 0 Å². The Morgan fingerprint density at radius 3 is 2.23 bits per heavy atom. The lowest BCUT2D eigenvalue weighted by atomic mass is 10.1. The summed E-state index contributed by atoms with van der Waals surface area (Å²) in [6.45, 7) is 0. The smallest absolute Gasteiger partial charge is 0.255 e. The Bertz CT molecular complexity index is 1180. The second-order valence-corrected chi connectivity index (χ2v) is 6.79. The fourth-order valence-electron chi connectivity index (χ4n) is 2.83. The molecule has 148 valence electrons. The highest BCUT2D eigenvalue weighted by Gasteiger charge is 2.12. The summed E-state index contributed by atoms with van der Waals surface area (Å²) < 4.78 is 1.54. The van der Waals surface area contributed by atoms with Gasteiger partial charge in [0.1, 0.15) is 12.7 Å². The van der Waals surface area contributed by atoms with Gasteiger partial charge >= 0.3 is 0 Å². The normalized spacial score (nSPS) is 10.4. The van der Waals surface area contributed by atoms with Crippen LogP contribution in [-0.2, 0) is 0 Å². The van der Waals surface area contributed by atoms with Crippen molar-refractivity contribution in [2.75, 3.05) is 10.6 Å². The van der Waals surface area contributed by atoms with Crippen LogP contribution in [0.15, 0.2) is 85.5 Å². The van der Waals surface area contributed by atoms with Crippen molar-refractivity contribution in [1.82, 2.24) is 14.8 Å². The lowest BCUT2D eigenvalue weighted by Gasteiger charge is -2.12. The van der Waals surface area contributed by atoms with Crippen LogP contribution < -0.4 is 10.6 Å². The van der Waals surface area contributed by atoms with E-state index in [-0.39, 0.29) is 11.8 Å².